The first-order chi connectivity index (χ1) is 13.8. The topological polar surface area (TPSA) is 68.4 Å². The van der Waals surface area contributed by atoms with Crippen LogP contribution in [-0.4, -0.2) is 35.3 Å². The van der Waals surface area contributed by atoms with Gasteiger partial charge in [0.15, 0.2) is 5.60 Å². The molecule has 0 unspecified atom stereocenters. The predicted molar refractivity (Wildman–Crippen MR) is 103 cm³/mol. The lowest BCUT2D eigenvalue weighted by Gasteiger charge is -2.60. The molecule has 7 rings (SSSR count). The number of esters is 1. The molecule has 0 bridgehead atoms. The van der Waals surface area contributed by atoms with Crippen molar-refractivity contribution in [1.82, 2.24) is 0 Å². The Balaban J connectivity index is 1.24. The third-order valence-electron chi connectivity index (χ3n) is 10.8. The second-order valence-corrected chi connectivity index (χ2v) is 11.5. The highest BCUT2D eigenvalue weighted by Crippen LogP contribution is 2.79. The largest absolute Gasteiger partial charge is 0.429 e. The van der Waals surface area contributed by atoms with E-state index in [2.05, 4.69) is 13.8 Å². The molecule has 7 aliphatic rings. The quantitative estimate of drug-likeness (QED) is 0.499. The highest BCUT2D eigenvalue weighted by molar-refractivity contribution is 5.84. The summed E-state index contributed by atoms with van der Waals surface area (Å²) in [5, 5.41) is 0. The van der Waals surface area contributed by atoms with Gasteiger partial charge in [0.05, 0.1) is 6.10 Å². The summed E-state index contributed by atoms with van der Waals surface area (Å²) in [4.78, 5) is 23.8. The van der Waals surface area contributed by atoms with Gasteiger partial charge in [-0.15, -0.1) is 0 Å². The van der Waals surface area contributed by atoms with Gasteiger partial charge in [0.25, 0.3) is 0 Å². The van der Waals surface area contributed by atoms with Crippen LogP contribution in [0, 0.1) is 34.5 Å². The van der Waals surface area contributed by atoms with Crippen molar-refractivity contribution in [3.05, 3.63) is 12.2 Å². The van der Waals surface area contributed by atoms with Crippen LogP contribution >= 0.6 is 0 Å². The Kier molecular flexibility index (Phi) is 3.01. The molecule has 2 saturated heterocycles. The molecule has 4 saturated carbocycles. The third-order valence-corrected chi connectivity index (χ3v) is 10.8. The molecule has 4 aliphatic carbocycles. The molecule has 29 heavy (non-hydrogen) atoms. The highest BCUT2D eigenvalue weighted by atomic mass is 16.8. The zero-order valence-electron chi connectivity index (χ0n) is 17.3. The maximum absolute atomic E-state index is 12.1. The van der Waals surface area contributed by atoms with Crippen molar-refractivity contribution in [2.75, 3.05) is 0 Å². The van der Waals surface area contributed by atoms with Gasteiger partial charge in [-0.25, -0.2) is 4.79 Å². The first-order valence-corrected chi connectivity index (χ1v) is 11.6. The molecule has 0 aromatic carbocycles. The van der Waals surface area contributed by atoms with Gasteiger partial charge >= 0.3 is 5.97 Å². The molecule has 0 amide bonds. The molecule has 3 aliphatic heterocycles. The Morgan fingerprint density at radius 2 is 1.90 bits per heavy atom. The van der Waals surface area contributed by atoms with Crippen LogP contribution in [0.1, 0.15) is 65.2 Å². The number of Topliss-reactive ketones (excluding diaryl/α,β-unsaturated/α-hetero) is 1. The highest BCUT2D eigenvalue weighted by Gasteiger charge is 2.85. The van der Waals surface area contributed by atoms with Crippen molar-refractivity contribution >= 4 is 11.8 Å². The summed E-state index contributed by atoms with van der Waals surface area (Å²) in [5.74, 6) is 2.36. The Bertz CT molecular complexity index is 865. The minimum atomic E-state index is -0.419. The predicted octanol–water partition coefficient (Wildman–Crippen LogP) is 3.55. The van der Waals surface area contributed by atoms with Crippen molar-refractivity contribution in [2.45, 2.75) is 88.8 Å². The maximum atomic E-state index is 12.1. The van der Waals surface area contributed by atoms with E-state index in [9.17, 15) is 9.59 Å². The molecule has 5 nitrogen and oxygen atoms in total. The number of carbonyl (C=O) groups excluding carboxylic acids is 2. The molecule has 3 heterocycles. The van der Waals surface area contributed by atoms with Gasteiger partial charge in [-0.05, 0) is 67.8 Å². The summed E-state index contributed by atoms with van der Waals surface area (Å²) in [7, 11) is 0. The molecule has 0 aromatic rings. The number of fused-ring (bicyclic) bond motifs is 4. The number of ketones is 1. The molecule has 5 heteroatoms. The maximum Gasteiger partial charge on any atom is 0.332 e. The fraction of sp³-hybridized carbons (Fsp3) is 0.833. The average Bonchev–Trinajstić information content (AvgIpc) is 3.57. The van der Waals surface area contributed by atoms with E-state index in [0.717, 1.165) is 32.1 Å². The van der Waals surface area contributed by atoms with Crippen LogP contribution in [0.15, 0.2) is 12.2 Å². The van der Waals surface area contributed by atoms with Crippen LogP contribution in [-0.2, 0) is 23.8 Å². The van der Waals surface area contributed by atoms with Crippen LogP contribution in [0.2, 0.25) is 0 Å². The van der Waals surface area contributed by atoms with E-state index in [4.69, 9.17) is 14.2 Å². The van der Waals surface area contributed by atoms with Crippen molar-refractivity contribution in [1.29, 1.82) is 0 Å². The monoisotopic (exact) mass is 398 g/mol. The number of carbonyl (C=O) groups is 2. The molecule has 0 aromatic heterocycles. The van der Waals surface area contributed by atoms with Crippen molar-refractivity contribution in [3.8, 4) is 0 Å². The molecule has 0 N–H and O–H groups in total. The van der Waals surface area contributed by atoms with Gasteiger partial charge in [-0.2, -0.15) is 0 Å². The Hall–Kier alpha value is -1.20. The second-order valence-electron chi connectivity index (χ2n) is 11.5. The van der Waals surface area contributed by atoms with Gasteiger partial charge < -0.3 is 14.2 Å². The van der Waals surface area contributed by atoms with Gasteiger partial charge in [-0.1, -0.05) is 13.8 Å². The number of ether oxygens (including phenoxy) is 3. The van der Waals surface area contributed by atoms with E-state index in [1.165, 1.54) is 19.3 Å². The van der Waals surface area contributed by atoms with E-state index < -0.39 is 11.9 Å². The molecule has 6 fully saturated rings. The molecular formula is C24H30O5. The summed E-state index contributed by atoms with van der Waals surface area (Å²) in [6.45, 7) is 4.91. The minimum absolute atomic E-state index is 0.0312. The van der Waals surface area contributed by atoms with Crippen LogP contribution in [0.25, 0.3) is 0 Å². The summed E-state index contributed by atoms with van der Waals surface area (Å²) < 4.78 is 18.1. The molecule has 10 atom stereocenters. The fourth-order valence-corrected chi connectivity index (χ4v) is 9.25. The second kappa shape index (κ2) is 4.99. The fourth-order valence-electron chi connectivity index (χ4n) is 9.25. The van der Waals surface area contributed by atoms with Gasteiger partial charge in [0, 0.05) is 30.3 Å². The first-order valence-electron chi connectivity index (χ1n) is 11.6. The van der Waals surface area contributed by atoms with Gasteiger partial charge in [-0.3, -0.25) is 4.79 Å². The van der Waals surface area contributed by atoms with Crippen molar-refractivity contribution in [2.24, 2.45) is 34.5 Å². The zero-order valence-corrected chi connectivity index (χ0v) is 17.3. The minimum Gasteiger partial charge on any atom is -0.429 e. The number of rotatable bonds is 1. The van der Waals surface area contributed by atoms with E-state index in [0.29, 0.717) is 41.0 Å². The first kappa shape index (κ1) is 17.5. The van der Waals surface area contributed by atoms with E-state index >= 15 is 0 Å². The van der Waals surface area contributed by atoms with E-state index in [-0.39, 0.29) is 17.0 Å². The lowest BCUT2D eigenvalue weighted by molar-refractivity contribution is -0.151. The zero-order chi connectivity index (χ0) is 19.8. The van der Waals surface area contributed by atoms with Crippen LogP contribution in [0.5, 0.6) is 0 Å². The van der Waals surface area contributed by atoms with E-state index in [1.807, 2.05) is 6.08 Å². The summed E-state index contributed by atoms with van der Waals surface area (Å²) in [6.07, 6.45) is 11.8. The summed E-state index contributed by atoms with van der Waals surface area (Å²) >= 11 is 0. The van der Waals surface area contributed by atoms with Crippen molar-refractivity contribution in [3.63, 3.8) is 0 Å². The molecular weight excluding hydrogens is 368 g/mol. The number of hydrogen-bond acceptors (Lipinski definition) is 5. The SMILES string of the molecule is C[C@]12CCC(=O)C[C@H]1CC[C@@H]1[C@H]2CC[C@]2(C)[C@@H]([C@]34C=CC(=O)O[C@H]3O4)C[C@H]3O[C@]132. The summed E-state index contributed by atoms with van der Waals surface area (Å²) in [5.41, 5.74) is -0.0950. The summed E-state index contributed by atoms with van der Waals surface area (Å²) in [6, 6.07) is 0. The van der Waals surface area contributed by atoms with Gasteiger partial charge in [0.1, 0.15) is 11.4 Å². The van der Waals surface area contributed by atoms with Crippen LogP contribution in [0.4, 0.5) is 0 Å². The van der Waals surface area contributed by atoms with Gasteiger partial charge in [0.2, 0.25) is 6.29 Å². The molecule has 156 valence electrons. The lowest BCUT2D eigenvalue weighted by Crippen LogP contribution is -2.59. The number of epoxide rings is 2. The average molecular weight is 398 g/mol. The van der Waals surface area contributed by atoms with Crippen LogP contribution < -0.4 is 0 Å². The van der Waals surface area contributed by atoms with Crippen LogP contribution in [0.3, 0.4) is 0 Å². The standard InChI is InChI=1S/C24H30O5/c1-21-8-5-14(25)11-13(21)3-4-16-15(21)6-9-22(2)17(12-18-24(16,22)28-18)23-10-7-19(26)27-20(23)29-23/h7,10,13,15-18,20H,3-6,8-9,11-12H2,1-2H3/t13-,15-,16-,17+,18-,20+,21+,22-,23-,24-/m1/s1. The number of hydrogen-bond donors (Lipinski definition) is 0. The molecule has 1 spiro atoms. The Labute approximate surface area is 171 Å². The smallest absolute Gasteiger partial charge is 0.332 e. The lowest BCUT2D eigenvalue weighted by atomic mass is 9.44. The Morgan fingerprint density at radius 3 is 2.72 bits per heavy atom. The van der Waals surface area contributed by atoms with Crippen molar-refractivity contribution < 1.29 is 23.8 Å². The molecule has 0 radical (unpaired) electrons. The normalized spacial score (nSPS) is 61.6. The Morgan fingerprint density at radius 1 is 1.03 bits per heavy atom. The third kappa shape index (κ3) is 1.83. The van der Waals surface area contributed by atoms with E-state index in [1.54, 1.807) is 6.08 Å².